The molecule has 5 nitrogen and oxygen atoms in total. The number of nitrogens with one attached hydrogen (secondary N) is 1. The average Bonchev–Trinajstić information content (AvgIpc) is 2.28. The zero-order valence-electron chi connectivity index (χ0n) is 12.6. The Hall–Kier alpha value is -0.620. The van der Waals surface area contributed by atoms with E-state index in [0.29, 0.717) is 11.8 Å². The van der Waals surface area contributed by atoms with Crippen molar-refractivity contribution in [3.05, 3.63) is 0 Å². The molecule has 0 aromatic rings. The van der Waals surface area contributed by atoms with Gasteiger partial charge in [-0.15, -0.1) is 0 Å². The Kier molecular flexibility index (Phi) is 4.17. The van der Waals surface area contributed by atoms with E-state index >= 15 is 0 Å². The highest BCUT2D eigenvalue weighted by Gasteiger charge is 2.44. The van der Waals surface area contributed by atoms with Crippen LogP contribution in [0, 0.1) is 11.8 Å². The lowest BCUT2D eigenvalue weighted by molar-refractivity contribution is -0.125. The minimum Gasteiger partial charge on any atom is -0.351 e. The number of hydrogen-bond acceptors (Lipinski definition) is 4. The van der Waals surface area contributed by atoms with Crippen molar-refractivity contribution >= 4 is 15.7 Å². The van der Waals surface area contributed by atoms with Gasteiger partial charge in [-0.3, -0.25) is 4.79 Å². The van der Waals surface area contributed by atoms with E-state index in [-0.39, 0.29) is 18.0 Å². The van der Waals surface area contributed by atoms with Crippen LogP contribution in [0.4, 0.5) is 0 Å². The summed E-state index contributed by atoms with van der Waals surface area (Å²) in [5.41, 5.74) is 6.06. The van der Waals surface area contributed by atoms with Gasteiger partial charge >= 0.3 is 0 Å². The molecule has 0 heterocycles. The molecule has 6 heteroatoms. The molecule has 2 unspecified atom stereocenters. The third kappa shape index (κ3) is 2.86. The molecule has 1 amide bonds. The van der Waals surface area contributed by atoms with Crippen LogP contribution in [0.3, 0.4) is 0 Å². The van der Waals surface area contributed by atoms with E-state index in [4.69, 9.17) is 5.73 Å². The predicted octanol–water partition coefficient (Wildman–Crippen LogP) is 0.832. The first-order valence-corrected chi connectivity index (χ1v) is 9.28. The molecule has 0 aromatic carbocycles. The highest BCUT2D eigenvalue weighted by molar-refractivity contribution is 7.92. The van der Waals surface area contributed by atoms with Crippen molar-refractivity contribution in [2.75, 3.05) is 6.26 Å². The lowest BCUT2D eigenvalue weighted by atomic mass is 9.67. The Labute approximate surface area is 121 Å². The quantitative estimate of drug-likeness (QED) is 0.808. The van der Waals surface area contributed by atoms with Gasteiger partial charge in [0.1, 0.15) is 4.75 Å². The fourth-order valence-corrected chi connectivity index (χ4v) is 3.91. The van der Waals surface area contributed by atoms with Crippen LogP contribution in [0.5, 0.6) is 0 Å². The van der Waals surface area contributed by atoms with Gasteiger partial charge in [0.15, 0.2) is 9.84 Å². The molecule has 3 N–H and O–H groups in total. The van der Waals surface area contributed by atoms with E-state index in [0.717, 1.165) is 31.9 Å². The molecule has 20 heavy (non-hydrogen) atoms. The molecular formula is C14H26N2O3S. The fraction of sp³-hybridized carbons (Fsp3) is 0.929. The van der Waals surface area contributed by atoms with E-state index in [1.807, 2.05) is 0 Å². The maximum atomic E-state index is 12.4. The van der Waals surface area contributed by atoms with E-state index in [2.05, 4.69) is 5.32 Å². The fourth-order valence-electron chi connectivity index (χ4n) is 3.52. The maximum absolute atomic E-state index is 12.4. The van der Waals surface area contributed by atoms with Gasteiger partial charge in [-0.25, -0.2) is 8.42 Å². The minimum atomic E-state index is -3.42. The summed E-state index contributed by atoms with van der Waals surface area (Å²) in [6.07, 6.45) is 6.32. The molecule has 2 atom stereocenters. The topological polar surface area (TPSA) is 89.3 Å². The Morgan fingerprint density at radius 2 is 1.70 bits per heavy atom. The Morgan fingerprint density at radius 1 is 1.20 bits per heavy atom. The summed E-state index contributed by atoms with van der Waals surface area (Å²) in [7, 11) is -3.42. The first kappa shape index (κ1) is 15.8. The van der Waals surface area contributed by atoms with Crippen LogP contribution in [0.2, 0.25) is 0 Å². The number of amides is 1. The third-order valence-corrected chi connectivity index (χ3v) is 7.19. The van der Waals surface area contributed by atoms with E-state index in [1.165, 1.54) is 20.3 Å². The lowest BCUT2D eigenvalue weighted by Gasteiger charge is -2.45. The largest absolute Gasteiger partial charge is 0.351 e. The van der Waals surface area contributed by atoms with Crippen LogP contribution in [0.1, 0.15) is 46.0 Å². The van der Waals surface area contributed by atoms with Crippen molar-refractivity contribution in [1.82, 2.24) is 5.32 Å². The molecule has 2 fully saturated rings. The summed E-state index contributed by atoms with van der Waals surface area (Å²) < 4.78 is 22.1. The van der Waals surface area contributed by atoms with Gasteiger partial charge < -0.3 is 11.1 Å². The van der Waals surface area contributed by atoms with E-state index < -0.39 is 14.6 Å². The standard InChI is InChI=1S/C14H26N2O3S/c1-14(2,20(3,18)19)13(17)16-12-9-5-4-6-10(12)8-11(15)7-9/h9-12H,4-8,15H2,1-3H3,(H,16,17). The van der Waals surface area contributed by atoms with Crippen molar-refractivity contribution in [1.29, 1.82) is 0 Å². The summed E-state index contributed by atoms with van der Waals surface area (Å²) in [5, 5.41) is 3.01. The summed E-state index contributed by atoms with van der Waals surface area (Å²) in [4.78, 5) is 12.4. The van der Waals surface area contributed by atoms with Gasteiger partial charge in [-0.1, -0.05) is 6.42 Å². The van der Waals surface area contributed by atoms with Crippen LogP contribution < -0.4 is 11.1 Å². The van der Waals surface area contributed by atoms with Crippen molar-refractivity contribution in [3.63, 3.8) is 0 Å². The average molecular weight is 302 g/mol. The van der Waals surface area contributed by atoms with Crippen LogP contribution in [0.15, 0.2) is 0 Å². The summed E-state index contributed by atoms with van der Waals surface area (Å²) in [6.45, 7) is 2.95. The molecule has 2 aliphatic carbocycles. The molecule has 2 saturated carbocycles. The number of hydrogen-bond donors (Lipinski definition) is 2. The molecular weight excluding hydrogens is 276 g/mol. The molecule has 0 spiro atoms. The summed E-state index contributed by atoms with van der Waals surface area (Å²) in [5.74, 6) is 0.422. The zero-order chi connectivity index (χ0) is 15.1. The minimum absolute atomic E-state index is 0.0945. The van der Waals surface area contributed by atoms with Gasteiger partial charge in [-0.05, 0) is 51.4 Å². The molecule has 0 saturated heterocycles. The smallest absolute Gasteiger partial charge is 0.241 e. The van der Waals surface area contributed by atoms with E-state index in [9.17, 15) is 13.2 Å². The number of carbonyl (C=O) groups excluding carboxylic acids is 1. The van der Waals surface area contributed by atoms with Crippen molar-refractivity contribution < 1.29 is 13.2 Å². The number of fused-ring (bicyclic) bond motifs is 2. The predicted molar refractivity (Wildman–Crippen MR) is 78.9 cm³/mol. The second-order valence-corrected chi connectivity index (χ2v) is 9.53. The number of sulfone groups is 1. The second kappa shape index (κ2) is 5.30. The van der Waals surface area contributed by atoms with Gasteiger partial charge in [-0.2, -0.15) is 0 Å². The van der Waals surface area contributed by atoms with Crippen molar-refractivity contribution in [2.24, 2.45) is 17.6 Å². The SMILES string of the molecule is CC(C)(C(=O)NC1C2CCCC1CC(N)C2)S(C)(=O)=O. The third-order valence-electron chi connectivity index (χ3n) is 5.15. The molecule has 0 aliphatic heterocycles. The van der Waals surface area contributed by atoms with Crippen molar-refractivity contribution in [3.8, 4) is 0 Å². The summed E-state index contributed by atoms with van der Waals surface area (Å²) >= 11 is 0. The van der Waals surface area contributed by atoms with Crippen LogP contribution >= 0.6 is 0 Å². The Balaban J connectivity index is 2.12. The normalized spacial score (nSPS) is 34.6. The highest BCUT2D eigenvalue weighted by atomic mass is 32.2. The Morgan fingerprint density at radius 3 is 2.15 bits per heavy atom. The summed E-state index contributed by atoms with van der Waals surface area (Å²) in [6, 6.07) is 0.318. The van der Waals surface area contributed by atoms with E-state index in [1.54, 1.807) is 0 Å². The number of carbonyl (C=O) groups is 1. The Bertz CT molecular complexity index is 473. The second-order valence-electron chi connectivity index (χ2n) is 6.96. The molecule has 2 aliphatic rings. The zero-order valence-corrected chi connectivity index (χ0v) is 13.4. The van der Waals surface area contributed by atoms with Crippen LogP contribution in [0.25, 0.3) is 0 Å². The molecule has 0 aromatic heterocycles. The first-order valence-electron chi connectivity index (χ1n) is 7.39. The van der Waals surface area contributed by atoms with Crippen LogP contribution in [-0.2, 0) is 14.6 Å². The number of nitrogens with two attached hydrogens (primary N) is 1. The molecule has 2 bridgehead atoms. The monoisotopic (exact) mass is 302 g/mol. The van der Waals surface area contributed by atoms with Crippen LogP contribution in [-0.4, -0.2) is 37.4 Å². The van der Waals surface area contributed by atoms with Gasteiger partial charge in [0.2, 0.25) is 5.91 Å². The first-order chi connectivity index (χ1) is 9.13. The maximum Gasteiger partial charge on any atom is 0.241 e. The number of rotatable bonds is 3. The van der Waals surface area contributed by atoms with Crippen molar-refractivity contribution in [2.45, 2.75) is 62.8 Å². The molecule has 116 valence electrons. The molecule has 0 radical (unpaired) electrons. The molecule has 2 rings (SSSR count). The van der Waals surface area contributed by atoms with Gasteiger partial charge in [0.25, 0.3) is 0 Å². The highest BCUT2D eigenvalue weighted by Crippen LogP contribution is 2.40. The lowest BCUT2D eigenvalue weighted by Crippen LogP contribution is -2.58. The van der Waals surface area contributed by atoms with Gasteiger partial charge in [0, 0.05) is 18.3 Å². The van der Waals surface area contributed by atoms with Gasteiger partial charge in [0.05, 0.1) is 0 Å².